The minimum absolute atomic E-state index is 1.06. The summed E-state index contributed by atoms with van der Waals surface area (Å²) < 4.78 is 0. The molecule has 0 unspecified atom stereocenters. The molecule has 1 aliphatic carbocycles. The molecule has 1 heteroatoms. The van der Waals surface area contributed by atoms with Crippen LogP contribution in [-0.4, -0.2) is 18.0 Å². The van der Waals surface area contributed by atoms with Crippen molar-refractivity contribution in [3.8, 4) is 0 Å². The summed E-state index contributed by atoms with van der Waals surface area (Å²) in [6.45, 7) is 4.59. The zero-order valence-corrected chi connectivity index (χ0v) is 11.0. The van der Waals surface area contributed by atoms with E-state index in [0.717, 1.165) is 6.42 Å². The third kappa shape index (κ3) is 2.35. The third-order valence-electron chi connectivity index (χ3n) is 3.82. The second kappa shape index (κ2) is 5.01. The van der Waals surface area contributed by atoms with E-state index in [1.165, 1.54) is 48.3 Å². The van der Waals surface area contributed by atoms with Crippen LogP contribution in [0.3, 0.4) is 0 Å². The molecular formula is C17H20N. The molecule has 1 radical (unpaired) electrons. The van der Waals surface area contributed by atoms with Crippen LogP contribution in [0, 0.1) is 13.3 Å². The first kappa shape index (κ1) is 11.6. The van der Waals surface area contributed by atoms with Crippen molar-refractivity contribution in [2.75, 3.05) is 13.1 Å². The number of benzene rings is 1. The summed E-state index contributed by atoms with van der Waals surface area (Å²) in [5.74, 6) is 0. The second-order valence-electron chi connectivity index (χ2n) is 5.23. The predicted molar refractivity (Wildman–Crippen MR) is 77.0 cm³/mol. The minimum atomic E-state index is 1.06. The van der Waals surface area contributed by atoms with Crippen LogP contribution in [0.1, 0.15) is 30.4 Å². The Morgan fingerprint density at radius 2 is 1.72 bits per heavy atom. The maximum Gasteiger partial charge on any atom is 0.0328 e. The van der Waals surface area contributed by atoms with Crippen LogP contribution in [0.4, 0.5) is 0 Å². The lowest BCUT2D eigenvalue weighted by Crippen LogP contribution is -2.18. The Kier molecular flexibility index (Phi) is 3.22. The third-order valence-corrected chi connectivity index (χ3v) is 3.82. The van der Waals surface area contributed by atoms with Crippen LogP contribution >= 0.6 is 0 Å². The van der Waals surface area contributed by atoms with Crippen molar-refractivity contribution in [3.05, 3.63) is 59.7 Å². The number of likely N-dealkylation sites (tertiary alicyclic amines) is 1. The lowest BCUT2D eigenvalue weighted by Gasteiger charge is -2.23. The highest BCUT2D eigenvalue weighted by Gasteiger charge is 2.16. The van der Waals surface area contributed by atoms with E-state index in [4.69, 9.17) is 0 Å². The first-order valence-electron chi connectivity index (χ1n) is 6.90. The molecule has 1 saturated heterocycles. The van der Waals surface area contributed by atoms with Crippen molar-refractivity contribution >= 4 is 5.57 Å². The monoisotopic (exact) mass is 238 g/mol. The Morgan fingerprint density at radius 3 is 2.44 bits per heavy atom. The largest absolute Gasteiger partial charge is 0.372 e. The smallest absolute Gasteiger partial charge is 0.0328 e. The topological polar surface area (TPSA) is 3.24 Å². The summed E-state index contributed by atoms with van der Waals surface area (Å²) in [6, 6.07) is 8.84. The van der Waals surface area contributed by atoms with Gasteiger partial charge in [0.25, 0.3) is 0 Å². The Hall–Kier alpha value is -1.50. The molecule has 0 amide bonds. The van der Waals surface area contributed by atoms with Gasteiger partial charge < -0.3 is 4.90 Å². The summed E-state index contributed by atoms with van der Waals surface area (Å²) in [7, 11) is 0. The van der Waals surface area contributed by atoms with Crippen molar-refractivity contribution in [1.29, 1.82) is 0 Å². The maximum absolute atomic E-state index is 2.52. The fourth-order valence-corrected chi connectivity index (χ4v) is 2.73. The van der Waals surface area contributed by atoms with E-state index in [1.807, 2.05) is 0 Å². The Morgan fingerprint density at radius 1 is 1.00 bits per heavy atom. The SMILES string of the molecule is Cc1ccc(C2=CC(N3CCCC3)=CC[CH]2)cc1. The number of hydrogen-bond acceptors (Lipinski definition) is 1. The Bertz CT molecular complexity index is 473. The predicted octanol–water partition coefficient (Wildman–Crippen LogP) is 3.97. The lowest BCUT2D eigenvalue weighted by molar-refractivity contribution is 0.438. The highest BCUT2D eigenvalue weighted by atomic mass is 15.1. The van der Waals surface area contributed by atoms with Gasteiger partial charge in [-0.05, 0) is 49.8 Å². The van der Waals surface area contributed by atoms with Crippen LogP contribution < -0.4 is 0 Å². The molecule has 1 fully saturated rings. The van der Waals surface area contributed by atoms with E-state index in [0.29, 0.717) is 0 Å². The molecule has 0 saturated carbocycles. The van der Waals surface area contributed by atoms with E-state index in [9.17, 15) is 0 Å². The average Bonchev–Trinajstić information content (AvgIpc) is 2.94. The van der Waals surface area contributed by atoms with Gasteiger partial charge in [0.1, 0.15) is 0 Å². The van der Waals surface area contributed by atoms with E-state index < -0.39 is 0 Å². The van der Waals surface area contributed by atoms with Gasteiger partial charge in [0.15, 0.2) is 0 Å². The molecule has 1 nitrogen and oxygen atoms in total. The van der Waals surface area contributed by atoms with Crippen molar-refractivity contribution in [2.24, 2.45) is 0 Å². The molecule has 0 spiro atoms. The maximum atomic E-state index is 2.52. The van der Waals surface area contributed by atoms with Gasteiger partial charge in [0, 0.05) is 18.8 Å². The Labute approximate surface area is 110 Å². The van der Waals surface area contributed by atoms with Crippen LogP contribution in [0.5, 0.6) is 0 Å². The first-order chi connectivity index (χ1) is 8.83. The Balaban J connectivity index is 1.84. The molecule has 93 valence electrons. The standard InChI is InChI=1S/C17H20N/c1-14-7-9-15(10-8-14)16-5-4-6-17(13-16)18-11-2-3-12-18/h5-10,13H,2-4,11-12H2,1H3. The summed E-state index contributed by atoms with van der Waals surface area (Å²) >= 11 is 0. The average molecular weight is 238 g/mol. The fourth-order valence-electron chi connectivity index (χ4n) is 2.73. The molecule has 1 aromatic rings. The van der Waals surface area contributed by atoms with Crippen molar-refractivity contribution < 1.29 is 0 Å². The zero-order valence-electron chi connectivity index (χ0n) is 11.0. The molecular weight excluding hydrogens is 218 g/mol. The number of rotatable bonds is 2. The minimum Gasteiger partial charge on any atom is -0.372 e. The molecule has 3 rings (SSSR count). The van der Waals surface area contributed by atoms with Gasteiger partial charge in [-0.2, -0.15) is 0 Å². The summed E-state index contributed by atoms with van der Waals surface area (Å²) in [4.78, 5) is 2.52. The summed E-state index contributed by atoms with van der Waals surface area (Å²) in [5.41, 5.74) is 5.46. The molecule has 0 aromatic heterocycles. The van der Waals surface area contributed by atoms with E-state index in [2.05, 4.69) is 54.7 Å². The highest BCUT2D eigenvalue weighted by Crippen LogP contribution is 2.28. The molecule has 2 aliphatic rings. The van der Waals surface area contributed by atoms with Crippen LogP contribution in [-0.2, 0) is 0 Å². The highest BCUT2D eigenvalue weighted by molar-refractivity contribution is 5.75. The van der Waals surface area contributed by atoms with Crippen LogP contribution in [0.2, 0.25) is 0 Å². The van der Waals surface area contributed by atoms with Gasteiger partial charge in [0.05, 0.1) is 0 Å². The number of nitrogens with zero attached hydrogens (tertiary/aromatic N) is 1. The molecule has 0 N–H and O–H groups in total. The molecule has 1 aliphatic heterocycles. The van der Waals surface area contributed by atoms with Gasteiger partial charge in [-0.1, -0.05) is 35.9 Å². The zero-order chi connectivity index (χ0) is 12.4. The van der Waals surface area contributed by atoms with Crippen molar-refractivity contribution in [1.82, 2.24) is 4.90 Å². The van der Waals surface area contributed by atoms with Crippen LogP contribution in [0.25, 0.3) is 5.57 Å². The second-order valence-corrected chi connectivity index (χ2v) is 5.23. The lowest BCUT2D eigenvalue weighted by atomic mass is 9.95. The quantitative estimate of drug-likeness (QED) is 0.753. The van der Waals surface area contributed by atoms with E-state index in [-0.39, 0.29) is 0 Å². The number of hydrogen-bond donors (Lipinski definition) is 0. The van der Waals surface area contributed by atoms with Gasteiger partial charge in [0.2, 0.25) is 0 Å². The van der Waals surface area contributed by atoms with Gasteiger partial charge >= 0.3 is 0 Å². The number of allylic oxidation sites excluding steroid dienone is 3. The number of aryl methyl sites for hydroxylation is 1. The van der Waals surface area contributed by atoms with E-state index >= 15 is 0 Å². The molecule has 0 bridgehead atoms. The van der Waals surface area contributed by atoms with E-state index in [1.54, 1.807) is 0 Å². The van der Waals surface area contributed by atoms with Crippen molar-refractivity contribution in [2.45, 2.75) is 26.2 Å². The summed E-state index contributed by atoms with van der Waals surface area (Å²) in [5, 5.41) is 0. The first-order valence-corrected chi connectivity index (χ1v) is 6.90. The van der Waals surface area contributed by atoms with Crippen LogP contribution in [0.15, 0.2) is 42.1 Å². The van der Waals surface area contributed by atoms with Gasteiger partial charge in [-0.25, -0.2) is 0 Å². The van der Waals surface area contributed by atoms with Crippen molar-refractivity contribution in [3.63, 3.8) is 0 Å². The van der Waals surface area contributed by atoms with Gasteiger partial charge in [-0.15, -0.1) is 0 Å². The van der Waals surface area contributed by atoms with Gasteiger partial charge in [-0.3, -0.25) is 0 Å². The molecule has 18 heavy (non-hydrogen) atoms. The molecule has 0 atom stereocenters. The fraction of sp³-hybridized carbons (Fsp3) is 0.353. The summed E-state index contributed by atoms with van der Waals surface area (Å²) in [6.07, 6.45) is 10.8. The molecule has 1 aromatic carbocycles. The molecule has 1 heterocycles. The normalized spacial score (nSPS) is 19.7.